The van der Waals surface area contributed by atoms with E-state index in [1.165, 1.54) is 43.8 Å². The van der Waals surface area contributed by atoms with Crippen LogP contribution in [0.2, 0.25) is 23.1 Å². The maximum atomic E-state index is 6.19. The van der Waals surface area contributed by atoms with Crippen LogP contribution in [0.3, 0.4) is 0 Å². The van der Waals surface area contributed by atoms with Gasteiger partial charge in [0.25, 0.3) is 0 Å². The average Bonchev–Trinajstić information content (AvgIpc) is 3.91. The van der Waals surface area contributed by atoms with Crippen LogP contribution >= 0.6 is 40.2 Å². The zero-order valence-corrected chi connectivity index (χ0v) is 36.4. The van der Waals surface area contributed by atoms with Crippen molar-refractivity contribution in [2.24, 2.45) is 0 Å². The Bertz CT molecular complexity index is 2360. The molecule has 8 rings (SSSR count). The summed E-state index contributed by atoms with van der Waals surface area (Å²) in [5.41, 5.74) is 9.25. The summed E-state index contributed by atoms with van der Waals surface area (Å²) < 4.78 is 11.5. The Kier molecular flexibility index (Phi) is 12.6. The standard InChI is InChI=1S/2C21H16ClO.C2H6Si.2ClH.Zr/c2*1-13-6-8-15-10-17(20-9-7-14(2)23-20)12-19(15)21(13)16-4-3-5-18(22)11-16;1-3-2;;;/h2*3-12H,1-2H3;1-2H3;2*1H;/q2*-1;;;;+2/p-2. The summed E-state index contributed by atoms with van der Waals surface area (Å²) in [4.78, 5) is 0. The van der Waals surface area contributed by atoms with Crippen molar-refractivity contribution in [1.29, 1.82) is 0 Å². The minimum Gasteiger partial charge on any atom is -0.496 e. The Morgan fingerprint density at radius 2 is 0.942 bits per heavy atom. The number of benzene rings is 4. The molecule has 0 bridgehead atoms. The molecule has 2 nitrogen and oxygen atoms in total. The Balaban J connectivity index is 0.000000155. The fraction of sp³-hybridized carbons (Fsp3) is 0.136. The predicted molar refractivity (Wildman–Crippen MR) is 224 cm³/mol. The second-order valence-electron chi connectivity index (χ2n) is 13.1. The Hall–Kier alpha value is -3.08. The molecule has 8 heteroatoms. The molecule has 0 amide bonds. The number of halogens is 4. The monoisotopic (exact) mass is 856 g/mol. The fourth-order valence-corrected chi connectivity index (χ4v) is 6.68. The van der Waals surface area contributed by atoms with E-state index in [1.54, 1.807) is 0 Å². The van der Waals surface area contributed by atoms with Gasteiger partial charge in [-0.2, -0.15) is 0 Å². The predicted octanol–water partition coefficient (Wildman–Crippen LogP) is 15.7. The van der Waals surface area contributed by atoms with Crippen molar-refractivity contribution in [3.05, 3.63) is 154 Å². The van der Waals surface area contributed by atoms with E-state index in [0.717, 1.165) is 55.3 Å². The van der Waals surface area contributed by atoms with Crippen LogP contribution in [0.4, 0.5) is 0 Å². The molecule has 0 aliphatic heterocycles. The minimum atomic E-state index is -1.65. The van der Waals surface area contributed by atoms with E-state index in [1.807, 2.05) is 74.5 Å². The zero-order chi connectivity index (χ0) is 37.1. The molecule has 2 aromatic heterocycles. The molecule has 0 atom stereocenters. The number of furan rings is 2. The normalized spacial score (nSPS) is 10.9. The molecule has 264 valence electrons. The van der Waals surface area contributed by atoms with E-state index in [-0.39, 0.29) is 5.43 Å². The summed E-state index contributed by atoms with van der Waals surface area (Å²) >= 11 is 10.7. The molecule has 0 N–H and O–H groups in total. The van der Waals surface area contributed by atoms with Crippen molar-refractivity contribution < 1.29 is 26.8 Å². The maximum absolute atomic E-state index is 6.19. The molecule has 52 heavy (non-hydrogen) atoms. The Morgan fingerprint density at radius 1 is 0.538 bits per heavy atom. The van der Waals surface area contributed by atoms with Gasteiger partial charge in [-0.15, -0.1) is 57.9 Å². The molecule has 0 saturated heterocycles. The summed E-state index contributed by atoms with van der Waals surface area (Å²) in [5.74, 6) is 3.68. The maximum Gasteiger partial charge on any atom is 0.0896 e. The third-order valence-electron chi connectivity index (χ3n) is 8.85. The van der Waals surface area contributed by atoms with Crippen LogP contribution in [-0.2, 0) is 18.0 Å². The second kappa shape index (κ2) is 16.9. The number of aryl methyl sites for hydroxylation is 4. The number of rotatable bonds is 4. The summed E-state index contributed by atoms with van der Waals surface area (Å²) in [6.45, 7) is 12.5. The molecule has 0 fully saturated rings. The first kappa shape index (κ1) is 38.6. The molecule has 0 spiro atoms. The first-order chi connectivity index (χ1) is 24.9. The molecule has 0 saturated carbocycles. The smallest absolute Gasteiger partial charge is 0.0896 e. The van der Waals surface area contributed by atoms with Gasteiger partial charge in [0.05, 0.1) is 23.0 Å². The van der Waals surface area contributed by atoms with E-state index in [2.05, 4.69) is 87.6 Å². The molecule has 0 aliphatic carbocycles. The van der Waals surface area contributed by atoms with Crippen molar-refractivity contribution in [3.8, 4) is 44.9 Å². The van der Waals surface area contributed by atoms with Gasteiger partial charge in [-0.05, 0) is 98.5 Å². The first-order valence-corrected chi connectivity index (χ1v) is 30.2. The summed E-state index contributed by atoms with van der Waals surface area (Å²) in [6, 6.07) is 41.5. The third kappa shape index (κ3) is 8.99. The van der Waals surface area contributed by atoms with Crippen molar-refractivity contribution in [3.63, 3.8) is 0 Å². The van der Waals surface area contributed by atoms with E-state index >= 15 is 0 Å². The van der Waals surface area contributed by atoms with Crippen LogP contribution in [0.5, 0.6) is 0 Å². The first-order valence-electron chi connectivity index (χ1n) is 16.9. The molecule has 0 unspecified atom stereocenters. The minimum absolute atomic E-state index is 0.224. The zero-order valence-electron chi connectivity index (χ0n) is 29.9. The van der Waals surface area contributed by atoms with E-state index < -0.39 is 18.0 Å². The van der Waals surface area contributed by atoms with Crippen LogP contribution in [0.1, 0.15) is 22.6 Å². The van der Waals surface area contributed by atoms with Gasteiger partial charge >= 0.3 is 53.5 Å². The summed E-state index contributed by atoms with van der Waals surface area (Å²) in [6.07, 6.45) is 0. The molecule has 8 aromatic rings. The van der Waals surface area contributed by atoms with Gasteiger partial charge in [-0.1, -0.05) is 81.9 Å². The van der Waals surface area contributed by atoms with Crippen LogP contribution in [0.15, 0.2) is 130 Å². The molecule has 0 aliphatic rings. The largest absolute Gasteiger partial charge is 0.496 e. The van der Waals surface area contributed by atoms with Crippen molar-refractivity contribution in [2.75, 3.05) is 0 Å². The molecule has 0 radical (unpaired) electrons. The molecular weight excluding hydrogens is 822 g/mol. The van der Waals surface area contributed by atoms with Gasteiger partial charge in [0.15, 0.2) is 0 Å². The molecule has 2 heterocycles. The van der Waals surface area contributed by atoms with E-state index in [0.29, 0.717) is 0 Å². The Morgan fingerprint density at radius 3 is 1.27 bits per heavy atom. The van der Waals surface area contributed by atoms with Crippen LogP contribution < -0.4 is 0 Å². The summed E-state index contributed by atoms with van der Waals surface area (Å²) in [7, 11) is 11.2. The Labute approximate surface area is 330 Å². The van der Waals surface area contributed by atoms with Crippen molar-refractivity contribution in [1.82, 2.24) is 0 Å². The van der Waals surface area contributed by atoms with Crippen molar-refractivity contribution in [2.45, 2.75) is 40.8 Å². The van der Waals surface area contributed by atoms with E-state index in [4.69, 9.17) is 49.1 Å². The summed E-state index contributed by atoms with van der Waals surface area (Å²) in [5, 5.41) is 6.41. The number of hydrogen-bond donors (Lipinski definition) is 0. The van der Waals surface area contributed by atoms with Gasteiger partial charge in [0.2, 0.25) is 0 Å². The fourth-order valence-electron chi connectivity index (χ4n) is 6.30. The number of fused-ring (bicyclic) bond motifs is 2. The van der Waals surface area contributed by atoms with Gasteiger partial charge in [0, 0.05) is 10.0 Å². The van der Waals surface area contributed by atoms with Gasteiger partial charge in [-0.3, -0.25) is 0 Å². The SMILES string of the molecule is C[Si](C)=[Zr]([Cl])[Cl].Cc1ccc(-c2cc3c(-c4cccc(Cl)c4)c(C)ccc3[cH-]2)o1.Cc1ccc(-c2cc3c(-c4cccc(Cl)c4)c(C)ccc3[cH-]2)o1. The van der Waals surface area contributed by atoms with Crippen LogP contribution in [0, 0.1) is 27.7 Å². The van der Waals surface area contributed by atoms with Crippen molar-refractivity contribution >= 4 is 67.2 Å². The molecule has 6 aromatic carbocycles. The number of hydrogen-bond acceptors (Lipinski definition) is 2. The van der Waals surface area contributed by atoms with Crippen LogP contribution in [0.25, 0.3) is 66.4 Å². The average molecular weight is 860 g/mol. The van der Waals surface area contributed by atoms with Gasteiger partial charge in [-0.25, -0.2) is 0 Å². The quantitative estimate of drug-likeness (QED) is 0.130. The van der Waals surface area contributed by atoms with Gasteiger partial charge in [0.1, 0.15) is 0 Å². The topological polar surface area (TPSA) is 26.3 Å². The third-order valence-corrected chi connectivity index (χ3v) is 29.1. The second-order valence-corrected chi connectivity index (χ2v) is 37.0. The molecular formula is C44H38Cl4O2SiZr-2. The van der Waals surface area contributed by atoms with E-state index in [9.17, 15) is 0 Å². The van der Waals surface area contributed by atoms with Gasteiger partial charge < -0.3 is 8.83 Å². The van der Waals surface area contributed by atoms with Crippen LogP contribution in [-0.4, -0.2) is 5.43 Å².